The van der Waals surface area contributed by atoms with E-state index in [9.17, 15) is 9.59 Å². The number of carbonyl (C=O) groups excluding carboxylic acids is 2. The lowest BCUT2D eigenvalue weighted by molar-refractivity contribution is -0.159. The molecule has 0 bridgehead atoms. The highest BCUT2D eigenvalue weighted by Crippen LogP contribution is 2.28. The number of anilines is 1. The van der Waals surface area contributed by atoms with Crippen molar-refractivity contribution < 1.29 is 33.3 Å². The minimum absolute atomic E-state index is 0.125. The molecule has 0 spiro atoms. The van der Waals surface area contributed by atoms with E-state index in [1.807, 2.05) is 24.3 Å². The van der Waals surface area contributed by atoms with Gasteiger partial charge in [0.2, 0.25) is 0 Å². The first-order valence-corrected chi connectivity index (χ1v) is 9.47. The Kier molecular flexibility index (Phi) is 7.40. The fraction of sp³-hybridized carbons (Fsp3) is 0.364. The molecule has 1 saturated heterocycles. The first-order chi connectivity index (χ1) is 14.5. The van der Waals surface area contributed by atoms with Crippen LogP contribution < -0.4 is 4.90 Å². The van der Waals surface area contributed by atoms with Crippen molar-refractivity contribution in [2.75, 3.05) is 32.8 Å². The Morgan fingerprint density at radius 1 is 0.933 bits per heavy atom. The number of esters is 1. The second kappa shape index (κ2) is 10.2. The highest BCUT2D eigenvalue weighted by molar-refractivity contribution is 5.89. The summed E-state index contributed by atoms with van der Waals surface area (Å²) in [5.74, 6) is -0.500. The van der Waals surface area contributed by atoms with Crippen molar-refractivity contribution in [1.29, 1.82) is 0 Å². The van der Waals surface area contributed by atoms with Crippen molar-refractivity contribution >= 4 is 17.7 Å². The van der Waals surface area contributed by atoms with Crippen molar-refractivity contribution in [2.45, 2.75) is 24.6 Å². The standard InChI is InChI=1S/C22H25NO7/c1-23(16-12-8-5-9-13-16)22(25)30-18-17(29-21(27-3)19(18)26-2)14-28-20(24)15-10-6-4-7-11-15/h4-13,17-19,21H,14H2,1-3H3. The largest absolute Gasteiger partial charge is 0.459 e. The summed E-state index contributed by atoms with van der Waals surface area (Å²) in [6.07, 6.45) is -3.62. The monoisotopic (exact) mass is 415 g/mol. The molecule has 0 aromatic heterocycles. The van der Waals surface area contributed by atoms with Crippen LogP contribution in [0.15, 0.2) is 60.7 Å². The highest BCUT2D eigenvalue weighted by Gasteiger charge is 2.49. The summed E-state index contributed by atoms with van der Waals surface area (Å²) in [5, 5.41) is 0. The summed E-state index contributed by atoms with van der Waals surface area (Å²) in [6, 6.07) is 17.7. The Morgan fingerprint density at radius 2 is 1.57 bits per heavy atom. The first kappa shape index (κ1) is 21.8. The lowest BCUT2D eigenvalue weighted by Crippen LogP contribution is -2.43. The SMILES string of the molecule is COC1OC(COC(=O)c2ccccc2)C(OC(=O)N(C)c2ccccc2)C1OC. The van der Waals surface area contributed by atoms with Gasteiger partial charge in [0.15, 0.2) is 12.4 Å². The van der Waals surface area contributed by atoms with E-state index in [4.69, 9.17) is 23.7 Å². The van der Waals surface area contributed by atoms with Crippen LogP contribution in [0.4, 0.5) is 10.5 Å². The second-order valence-corrected chi connectivity index (χ2v) is 6.69. The van der Waals surface area contributed by atoms with Crippen LogP contribution in [-0.2, 0) is 23.7 Å². The quantitative estimate of drug-likeness (QED) is 0.643. The molecule has 160 valence electrons. The molecule has 0 radical (unpaired) electrons. The molecule has 8 heteroatoms. The third-order valence-corrected chi connectivity index (χ3v) is 4.81. The fourth-order valence-corrected chi connectivity index (χ4v) is 3.17. The molecule has 1 amide bonds. The molecule has 0 N–H and O–H groups in total. The van der Waals surface area contributed by atoms with E-state index in [-0.39, 0.29) is 6.61 Å². The molecule has 30 heavy (non-hydrogen) atoms. The number of carbonyl (C=O) groups is 2. The summed E-state index contributed by atoms with van der Waals surface area (Å²) < 4.78 is 27.6. The maximum Gasteiger partial charge on any atom is 0.414 e. The molecule has 4 unspecified atom stereocenters. The highest BCUT2D eigenvalue weighted by atomic mass is 16.7. The third-order valence-electron chi connectivity index (χ3n) is 4.81. The molecule has 8 nitrogen and oxygen atoms in total. The Bertz CT molecular complexity index is 830. The average Bonchev–Trinajstić information content (AvgIpc) is 3.14. The van der Waals surface area contributed by atoms with Gasteiger partial charge in [-0.25, -0.2) is 9.59 Å². The first-order valence-electron chi connectivity index (χ1n) is 9.47. The number of ether oxygens (including phenoxy) is 5. The topological polar surface area (TPSA) is 83.5 Å². The lowest BCUT2D eigenvalue weighted by atomic mass is 10.1. The Morgan fingerprint density at radius 3 is 2.17 bits per heavy atom. The summed E-state index contributed by atoms with van der Waals surface area (Å²) in [6.45, 7) is -0.125. The molecule has 2 aromatic carbocycles. The smallest absolute Gasteiger partial charge is 0.414 e. The van der Waals surface area contributed by atoms with Gasteiger partial charge in [0.05, 0.1) is 5.56 Å². The van der Waals surface area contributed by atoms with E-state index in [0.717, 1.165) is 0 Å². The van der Waals surface area contributed by atoms with Crippen LogP contribution in [-0.4, -0.2) is 64.5 Å². The van der Waals surface area contributed by atoms with Crippen LogP contribution in [0.5, 0.6) is 0 Å². The Balaban J connectivity index is 1.69. The van der Waals surface area contributed by atoms with Gasteiger partial charge in [-0.05, 0) is 24.3 Å². The van der Waals surface area contributed by atoms with Gasteiger partial charge in [0.1, 0.15) is 18.8 Å². The fourth-order valence-electron chi connectivity index (χ4n) is 3.17. The molecule has 1 aliphatic rings. The van der Waals surface area contributed by atoms with Crippen molar-refractivity contribution in [3.63, 3.8) is 0 Å². The van der Waals surface area contributed by atoms with E-state index < -0.39 is 36.7 Å². The Labute approximate surface area is 175 Å². The van der Waals surface area contributed by atoms with E-state index in [2.05, 4.69) is 0 Å². The van der Waals surface area contributed by atoms with Crippen LogP contribution >= 0.6 is 0 Å². The number of amides is 1. The van der Waals surface area contributed by atoms with Gasteiger partial charge < -0.3 is 23.7 Å². The van der Waals surface area contributed by atoms with Crippen molar-refractivity contribution in [3.05, 3.63) is 66.2 Å². The average molecular weight is 415 g/mol. The van der Waals surface area contributed by atoms with Gasteiger partial charge in [-0.3, -0.25) is 4.90 Å². The molecule has 0 saturated carbocycles. The van der Waals surface area contributed by atoms with E-state index in [0.29, 0.717) is 11.3 Å². The number of methoxy groups -OCH3 is 2. The third kappa shape index (κ3) is 4.96. The van der Waals surface area contributed by atoms with E-state index in [1.165, 1.54) is 19.1 Å². The number of rotatable bonds is 7. The van der Waals surface area contributed by atoms with Crippen LogP contribution in [0, 0.1) is 0 Å². The zero-order valence-corrected chi connectivity index (χ0v) is 17.1. The normalized spacial score (nSPS) is 23.0. The number of hydrogen-bond donors (Lipinski definition) is 0. The summed E-state index contributed by atoms with van der Waals surface area (Å²) in [5.41, 5.74) is 1.09. The summed E-state index contributed by atoms with van der Waals surface area (Å²) in [7, 11) is 4.54. The summed E-state index contributed by atoms with van der Waals surface area (Å²) >= 11 is 0. The molecule has 0 aliphatic carbocycles. The number of benzene rings is 2. The molecular formula is C22H25NO7. The van der Waals surface area contributed by atoms with Gasteiger partial charge in [-0.2, -0.15) is 0 Å². The molecule has 4 atom stereocenters. The minimum atomic E-state index is -0.831. The van der Waals surface area contributed by atoms with Crippen molar-refractivity contribution in [1.82, 2.24) is 0 Å². The van der Waals surface area contributed by atoms with Gasteiger partial charge in [-0.15, -0.1) is 0 Å². The van der Waals surface area contributed by atoms with E-state index >= 15 is 0 Å². The van der Waals surface area contributed by atoms with Crippen LogP contribution in [0.25, 0.3) is 0 Å². The second-order valence-electron chi connectivity index (χ2n) is 6.69. The van der Waals surface area contributed by atoms with Crippen LogP contribution in [0.3, 0.4) is 0 Å². The van der Waals surface area contributed by atoms with Crippen molar-refractivity contribution in [2.24, 2.45) is 0 Å². The molecule has 1 aliphatic heterocycles. The molecular weight excluding hydrogens is 390 g/mol. The number of hydrogen-bond acceptors (Lipinski definition) is 7. The minimum Gasteiger partial charge on any atom is -0.459 e. The maximum atomic E-state index is 12.7. The lowest BCUT2D eigenvalue weighted by Gasteiger charge is -2.25. The maximum absolute atomic E-state index is 12.7. The van der Waals surface area contributed by atoms with Crippen molar-refractivity contribution in [3.8, 4) is 0 Å². The molecule has 3 rings (SSSR count). The molecule has 2 aromatic rings. The number of para-hydroxylation sites is 1. The molecule has 1 heterocycles. The van der Waals surface area contributed by atoms with Gasteiger partial charge >= 0.3 is 12.1 Å². The predicted molar refractivity (Wildman–Crippen MR) is 108 cm³/mol. The molecule has 1 fully saturated rings. The number of nitrogens with zero attached hydrogens (tertiary/aromatic N) is 1. The zero-order chi connectivity index (χ0) is 21.5. The van der Waals surface area contributed by atoms with E-state index in [1.54, 1.807) is 43.4 Å². The zero-order valence-electron chi connectivity index (χ0n) is 17.1. The summed E-state index contributed by atoms with van der Waals surface area (Å²) in [4.78, 5) is 26.3. The van der Waals surface area contributed by atoms with Crippen LogP contribution in [0.2, 0.25) is 0 Å². The van der Waals surface area contributed by atoms with Gasteiger partial charge in [-0.1, -0.05) is 36.4 Å². The predicted octanol–water partition coefficient (Wildman–Crippen LogP) is 2.87. The van der Waals surface area contributed by atoms with Gasteiger partial charge in [0, 0.05) is 27.0 Å². The van der Waals surface area contributed by atoms with Crippen LogP contribution in [0.1, 0.15) is 10.4 Å². The Hall–Kier alpha value is -2.94. The van der Waals surface area contributed by atoms with Gasteiger partial charge in [0.25, 0.3) is 0 Å².